The van der Waals surface area contributed by atoms with Crippen molar-refractivity contribution in [1.29, 1.82) is 0 Å². The lowest BCUT2D eigenvalue weighted by Crippen LogP contribution is -2.36. The van der Waals surface area contributed by atoms with Gasteiger partial charge < -0.3 is 19.5 Å². The second-order valence-corrected chi connectivity index (χ2v) is 10.1. The van der Waals surface area contributed by atoms with E-state index in [4.69, 9.17) is 4.74 Å². The number of anilines is 2. The number of amides is 1. The van der Waals surface area contributed by atoms with Crippen molar-refractivity contribution in [2.75, 3.05) is 23.9 Å². The first-order valence-electron chi connectivity index (χ1n) is 12.5. The van der Waals surface area contributed by atoms with E-state index in [1.165, 1.54) is 31.0 Å². The van der Waals surface area contributed by atoms with Gasteiger partial charge in [0, 0.05) is 30.0 Å². The highest BCUT2D eigenvalue weighted by molar-refractivity contribution is 8.00. The maximum Gasteiger partial charge on any atom is 0.240 e. The molecule has 0 radical (unpaired) electrons. The molecule has 4 rings (SSSR count). The molecule has 0 aliphatic heterocycles. The van der Waals surface area contributed by atoms with Crippen LogP contribution in [0.15, 0.2) is 59.8 Å². The van der Waals surface area contributed by atoms with E-state index >= 15 is 0 Å². The number of para-hydroxylation sites is 1. The lowest BCUT2D eigenvalue weighted by Gasteiger charge is -2.27. The maximum atomic E-state index is 13.4. The van der Waals surface area contributed by atoms with E-state index in [0.717, 1.165) is 40.9 Å². The minimum absolute atomic E-state index is 0.0814. The molecule has 1 aliphatic rings. The fourth-order valence-corrected chi connectivity index (χ4v) is 5.63. The molecule has 1 aromatic heterocycles. The fourth-order valence-electron chi connectivity index (χ4n) is 4.63. The minimum atomic E-state index is -0.277. The summed E-state index contributed by atoms with van der Waals surface area (Å²) in [7, 11) is 1.67. The Morgan fingerprint density at radius 3 is 2.63 bits per heavy atom. The molecular formula is C27H35N5O2S. The highest BCUT2D eigenvalue weighted by atomic mass is 32.2. The molecule has 0 bridgehead atoms. The van der Waals surface area contributed by atoms with Crippen molar-refractivity contribution in [3.05, 3.63) is 60.4 Å². The molecule has 1 atom stereocenters. The predicted octanol–water partition coefficient (Wildman–Crippen LogP) is 5.94. The van der Waals surface area contributed by atoms with E-state index in [1.807, 2.05) is 73.3 Å². The van der Waals surface area contributed by atoms with E-state index in [2.05, 4.69) is 20.1 Å². The summed E-state index contributed by atoms with van der Waals surface area (Å²) >= 11 is 1.51. The van der Waals surface area contributed by atoms with Crippen LogP contribution in [-0.2, 0) is 11.3 Å². The van der Waals surface area contributed by atoms with Crippen LogP contribution in [0.3, 0.4) is 0 Å². The molecule has 1 heterocycles. The maximum absolute atomic E-state index is 13.4. The average molecular weight is 494 g/mol. The van der Waals surface area contributed by atoms with Crippen molar-refractivity contribution >= 4 is 29.0 Å². The smallest absolute Gasteiger partial charge is 0.240 e. The summed E-state index contributed by atoms with van der Waals surface area (Å²) in [4.78, 5) is 15.2. The van der Waals surface area contributed by atoms with E-state index in [0.29, 0.717) is 19.1 Å². The van der Waals surface area contributed by atoms with Gasteiger partial charge in [-0.25, -0.2) is 0 Å². The Kier molecular flexibility index (Phi) is 8.69. The molecule has 0 saturated heterocycles. The SMILES string of the molecule is CCN(C(=O)C(C)Sc1nnc(CNc2cccc(OC)c2)n1C1CCCCC1)c1ccccc1. The molecule has 1 aliphatic carbocycles. The summed E-state index contributed by atoms with van der Waals surface area (Å²) in [6.07, 6.45) is 5.93. The molecule has 1 amide bonds. The van der Waals surface area contributed by atoms with Gasteiger partial charge in [0.2, 0.25) is 5.91 Å². The lowest BCUT2D eigenvalue weighted by molar-refractivity contribution is -0.117. The number of hydrogen-bond donors (Lipinski definition) is 1. The van der Waals surface area contributed by atoms with Gasteiger partial charge >= 0.3 is 0 Å². The van der Waals surface area contributed by atoms with E-state index in [1.54, 1.807) is 7.11 Å². The third kappa shape index (κ3) is 6.17. The molecule has 35 heavy (non-hydrogen) atoms. The summed E-state index contributed by atoms with van der Waals surface area (Å²) in [5, 5.41) is 13.1. The van der Waals surface area contributed by atoms with Gasteiger partial charge in [0.1, 0.15) is 5.75 Å². The van der Waals surface area contributed by atoms with Crippen LogP contribution in [0.5, 0.6) is 5.75 Å². The number of aromatic nitrogens is 3. The average Bonchev–Trinajstić information content (AvgIpc) is 3.31. The molecule has 0 spiro atoms. The minimum Gasteiger partial charge on any atom is -0.497 e. The number of nitrogens with one attached hydrogen (secondary N) is 1. The molecule has 1 unspecified atom stereocenters. The predicted molar refractivity (Wildman–Crippen MR) is 142 cm³/mol. The molecule has 7 nitrogen and oxygen atoms in total. The number of nitrogens with zero attached hydrogens (tertiary/aromatic N) is 4. The van der Waals surface area contributed by atoms with Gasteiger partial charge in [0.15, 0.2) is 11.0 Å². The van der Waals surface area contributed by atoms with Gasteiger partial charge in [-0.15, -0.1) is 10.2 Å². The summed E-state index contributed by atoms with van der Waals surface area (Å²) < 4.78 is 7.62. The zero-order valence-corrected chi connectivity index (χ0v) is 21.6. The Hall–Kier alpha value is -3.00. The summed E-state index contributed by atoms with van der Waals surface area (Å²) in [5.74, 6) is 1.79. The first kappa shape index (κ1) is 25.1. The number of methoxy groups -OCH3 is 1. The second-order valence-electron chi connectivity index (χ2n) is 8.82. The highest BCUT2D eigenvalue weighted by Crippen LogP contribution is 2.34. The molecule has 8 heteroatoms. The molecule has 1 fully saturated rings. The standard InChI is InChI=1S/C27H35N5O2S/c1-4-31(22-13-7-5-8-14-22)26(33)20(2)35-27-30-29-25(32(27)23-15-9-6-10-16-23)19-28-21-12-11-17-24(18-21)34-3/h5,7-8,11-14,17-18,20,23,28H,4,6,9-10,15-16,19H2,1-3H3. The normalized spacial score (nSPS) is 14.9. The first-order chi connectivity index (χ1) is 17.1. The second kappa shape index (κ2) is 12.1. The van der Waals surface area contributed by atoms with Crippen molar-refractivity contribution in [3.8, 4) is 5.75 Å². The third-order valence-corrected chi connectivity index (χ3v) is 7.52. The number of carbonyl (C=O) groups is 1. The van der Waals surface area contributed by atoms with Gasteiger partial charge in [-0.2, -0.15) is 0 Å². The lowest BCUT2D eigenvalue weighted by atomic mass is 9.95. The zero-order valence-electron chi connectivity index (χ0n) is 20.8. The summed E-state index contributed by atoms with van der Waals surface area (Å²) in [5.41, 5.74) is 1.89. The molecule has 3 aromatic rings. The van der Waals surface area contributed by atoms with Crippen molar-refractivity contribution in [3.63, 3.8) is 0 Å². The van der Waals surface area contributed by atoms with Crippen LogP contribution in [0.1, 0.15) is 57.8 Å². The van der Waals surface area contributed by atoms with Crippen molar-refractivity contribution in [2.45, 2.75) is 68.9 Å². The van der Waals surface area contributed by atoms with Gasteiger partial charge in [-0.05, 0) is 51.0 Å². The monoisotopic (exact) mass is 493 g/mol. The molecule has 1 N–H and O–H groups in total. The Balaban J connectivity index is 1.53. The van der Waals surface area contributed by atoms with Crippen LogP contribution in [0.2, 0.25) is 0 Å². The summed E-state index contributed by atoms with van der Waals surface area (Å²) in [6, 6.07) is 18.1. The largest absolute Gasteiger partial charge is 0.497 e. The topological polar surface area (TPSA) is 72.3 Å². The van der Waals surface area contributed by atoms with E-state index in [9.17, 15) is 4.79 Å². The van der Waals surface area contributed by atoms with Crippen LogP contribution in [0, 0.1) is 0 Å². The van der Waals surface area contributed by atoms with Crippen LogP contribution >= 0.6 is 11.8 Å². The zero-order chi connectivity index (χ0) is 24.6. The number of benzene rings is 2. The Morgan fingerprint density at radius 2 is 1.91 bits per heavy atom. The fraction of sp³-hybridized carbons (Fsp3) is 0.444. The number of hydrogen-bond acceptors (Lipinski definition) is 6. The molecule has 186 valence electrons. The Labute approximate surface area is 212 Å². The van der Waals surface area contributed by atoms with Crippen LogP contribution in [-0.4, -0.2) is 39.6 Å². The van der Waals surface area contributed by atoms with Gasteiger partial charge in [-0.3, -0.25) is 4.79 Å². The molecule has 1 saturated carbocycles. The Morgan fingerprint density at radius 1 is 1.14 bits per heavy atom. The van der Waals surface area contributed by atoms with Crippen LogP contribution in [0.4, 0.5) is 11.4 Å². The number of thioether (sulfide) groups is 1. The van der Waals surface area contributed by atoms with Gasteiger partial charge in [0.05, 0.1) is 18.9 Å². The molecule has 2 aromatic carbocycles. The Bertz CT molecular complexity index is 1100. The number of rotatable bonds is 10. The van der Waals surface area contributed by atoms with E-state index < -0.39 is 0 Å². The van der Waals surface area contributed by atoms with Crippen LogP contribution < -0.4 is 15.0 Å². The quantitative estimate of drug-likeness (QED) is 0.353. The van der Waals surface area contributed by atoms with Crippen molar-refractivity contribution in [2.24, 2.45) is 0 Å². The van der Waals surface area contributed by atoms with E-state index in [-0.39, 0.29) is 11.2 Å². The van der Waals surface area contributed by atoms with Crippen molar-refractivity contribution in [1.82, 2.24) is 14.8 Å². The number of ether oxygens (including phenoxy) is 1. The molecular weight excluding hydrogens is 458 g/mol. The van der Waals surface area contributed by atoms with Crippen LogP contribution in [0.25, 0.3) is 0 Å². The third-order valence-electron chi connectivity index (χ3n) is 6.48. The number of carbonyl (C=O) groups excluding carboxylic acids is 1. The first-order valence-corrected chi connectivity index (χ1v) is 13.3. The van der Waals surface area contributed by atoms with Gasteiger partial charge in [0.25, 0.3) is 0 Å². The van der Waals surface area contributed by atoms with Gasteiger partial charge in [-0.1, -0.05) is 55.3 Å². The highest BCUT2D eigenvalue weighted by Gasteiger charge is 2.28. The summed E-state index contributed by atoms with van der Waals surface area (Å²) in [6.45, 7) is 5.16. The van der Waals surface area contributed by atoms with Crippen molar-refractivity contribution < 1.29 is 9.53 Å².